The number of benzene rings is 2. The fourth-order valence-electron chi connectivity index (χ4n) is 14.1. The van der Waals surface area contributed by atoms with Crippen molar-refractivity contribution in [1.82, 2.24) is 46.2 Å². The number of imide groups is 1. The number of aliphatic hydroxyl groups is 6. The molecule has 0 aliphatic carbocycles. The van der Waals surface area contributed by atoms with Gasteiger partial charge in [0.05, 0.1) is 49.3 Å². The highest BCUT2D eigenvalue weighted by molar-refractivity contribution is 6.14. The topological polar surface area (TPSA) is 534 Å². The van der Waals surface area contributed by atoms with Gasteiger partial charge in [-0.3, -0.25) is 57.7 Å². The van der Waals surface area contributed by atoms with E-state index in [2.05, 4.69) is 31.9 Å². The van der Waals surface area contributed by atoms with Crippen LogP contribution in [0.15, 0.2) is 66.7 Å². The summed E-state index contributed by atoms with van der Waals surface area (Å²) >= 11 is 0. The molecule has 6 rings (SSSR count). The molecule has 22 atom stereocenters. The molecule has 14 N–H and O–H groups in total. The second-order valence-electron chi connectivity index (χ2n) is 30.0. The van der Waals surface area contributed by atoms with Gasteiger partial charge in [-0.15, -0.1) is 0 Å². The average molecular weight is 1610 g/mol. The molecule has 4 aliphatic rings. The third-order valence-corrected chi connectivity index (χ3v) is 20.7. The molecule has 4 aliphatic heterocycles. The van der Waals surface area contributed by atoms with Crippen LogP contribution in [0.1, 0.15) is 119 Å². The Morgan fingerprint density at radius 3 is 1.75 bits per heavy atom. The van der Waals surface area contributed by atoms with E-state index >= 15 is 0 Å². The number of carboxylic acid groups (broad SMARTS) is 2. The summed E-state index contributed by atoms with van der Waals surface area (Å²) in [5, 5.41) is 98.2. The molecule has 634 valence electrons. The highest BCUT2D eigenvalue weighted by atomic mass is 16.7. The Bertz CT molecular complexity index is 3670. The molecule has 2 aromatic carbocycles. The van der Waals surface area contributed by atoms with Crippen LogP contribution in [0.3, 0.4) is 0 Å². The zero-order valence-electron chi connectivity index (χ0n) is 66.4. The Kier molecular flexibility index (Phi) is 35.3. The van der Waals surface area contributed by atoms with Crippen molar-refractivity contribution in [2.24, 2.45) is 29.6 Å². The number of likely N-dealkylation sites (tertiary alicyclic amines) is 1. The zero-order valence-corrected chi connectivity index (χ0v) is 66.4. The van der Waals surface area contributed by atoms with Gasteiger partial charge in [0.25, 0.3) is 11.8 Å². The number of hydrogen-bond acceptors (Lipinski definition) is 26. The van der Waals surface area contributed by atoms with E-state index in [9.17, 15) is 103 Å². The van der Waals surface area contributed by atoms with E-state index in [1.807, 2.05) is 13.8 Å². The minimum Gasteiger partial charge on any atom is -0.479 e. The van der Waals surface area contributed by atoms with E-state index in [4.69, 9.17) is 33.2 Å². The van der Waals surface area contributed by atoms with Crippen LogP contribution < -0.4 is 31.9 Å². The number of aliphatic hydroxyl groups excluding tert-OH is 6. The monoisotopic (exact) mass is 1610 g/mol. The number of anilines is 1. The minimum absolute atomic E-state index is 0.0937. The smallest absolute Gasteiger partial charge is 0.410 e. The van der Waals surface area contributed by atoms with Crippen LogP contribution in [0.4, 0.5) is 10.5 Å². The van der Waals surface area contributed by atoms with Crippen LogP contribution in [-0.4, -0.2) is 308 Å². The van der Waals surface area contributed by atoms with Gasteiger partial charge in [-0.2, -0.15) is 0 Å². The molecule has 3 saturated heterocycles. The zero-order chi connectivity index (χ0) is 85.0. The summed E-state index contributed by atoms with van der Waals surface area (Å²) in [7, 11) is 5.77. The summed E-state index contributed by atoms with van der Waals surface area (Å²) in [5.74, 6) is -13.2. The maximum absolute atomic E-state index is 15.0. The minimum atomic E-state index is -2.09. The first-order chi connectivity index (χ1) is 53.7. The maximum atomic E-state index is 15.0. The number of methoxy groups -OCH3 is 2. The van der Waals surface area contributed by atoms with Gasteiger partial charge in [0, 0.05) is 65.7 Å². The number of aliphatic carboxylic acids is 2. The van der Waals surface area contributed by atoms with E-state index in [0.717, 1.165) is 17.1 Å². The van der Waals surface area contributed by atoms with Gasteiger partial charge in [-0.25, -0.2) is 14.4 Å². The van der Waals surface area contributed by atoms with Crippen molar-refractivity contribution in [2.75, 3.05) is 59.9 Å². The van der Waals surface area contributed by atoms with Gasteiger partial charge < -0.3 is 116 Å². The predicted molar refractivity (Wildman–Crippen MR) is 399 cm³/mol. The number of hydrogen-bond donors (Lipinski definition) is 14. The number of carbonyl (C=O) groups is 13. The molecule has 38 heteroatoms. The van der Waals surface area contributed by atoms with Crippen LogP contribution in [0.5, 0.6) is 0 Å². The van der Waals surface area contributed by atoms with Gasteiger partial charge >= 0.3 is 18.0 Å². The van der Waals surface area contributed by atoms with Crippen molar-refractivity contribution < 1.29 is 136 Å². The second-order valence-corrected chi connectivity index (χ2v) is 30.0. The molecule has 114 heavy (non-hydrogen) atoms. The second kappa shape index (κ2) is 43.0. The number of carboxylic acids is 2. The Morgan fingerprint density at radius 2 is 1.21 bits per heavy atom. The van der Waals surface area contributed by atoms with Crippen molar-refractivity contribution in [3.05, 3.63) is 77.9 Å². The number of ether oxygens (including phenoxy) is 7. The van der Waals surface area contributed by atoms with E-state index in [0.29, 0.717) is 41.8 Å². The van der Waals surface area contributed by atoms with E-state index in [1.54, 1.807) is 97.7 Å². The first kappa shape index (κ1) is 93.7. The lowest BCUT2D eigenvalue weighted by Gasteiger charge is -2.41. The summed E-state index contributed by atoms with van der Waals surface area (Å²) in [6.07, 6.45) is -20.7. The Hall–Kier alpha value is -9.19. The number of nitrogens with zero attached hydrogens (tertiary/aromatic N) is 4. The SMILES string of the molecule is CCC(C)C(C(CC(=O)N1CCCC1C(OC)C(C)C(=O)NC(C)C(OC1OC(C(=O)O)C(O)C(O)C1O)c1ccccc1)OC)N(C)C(=O)C(NC(=O)C(C(C)C)N(C)C(=O)OCc1ccc(NC(=O)C(COC2OC(C(=O)O)C(O)C(O)C2O)NC(=O)C(NC(=O)CCNC(=O)CN2C(=O)C=CC2=O)C(C)C)cc1)C(C)C. The molecule has 4 heterocycles. The average Bonchev–Trinajstić information content (AvgIpc) is 1.06. The third kappa shape index (κ3) is 24.2. The summed E-state index contributed by atoms with van der Waals surface area (Å²) < 4.78 is 40.1. The normalized spacial score (nSPS) is 24.5. The summed E-state index contributed by atoms with van der Waals surface area (Å²) in [6.45, 7) is 15.2. The van der Waals surface area contributed by atoms with E-state index in [-0.39, 0.29) is 43.5 Å². The lowest BCUT2D eigenvalue weighted by Crippen LogP contribution is -2.61. The van der Waals surface area contributed by atoms with Crippen LogP contribution >= 0.6 is 0 Å². The largest absolute Gasteiger partial charge is 0.479 e. The quantitative estimate of drug-likeness (QED) is 0.0334. The van der Waals surface area contributed by atoms with E-state index in [1.165, 1.54) is 50.4 Å². The molecule has 11 amide bonds. The van der Waals surface area contributed by atoms with Gasteiger partial charge in [-0.05, 0) is 66.7 Å². The Labute approximate surface area is 660 Å². The van der Waals surface area contributed by atoms with E-state index < -0.39 is 230 Å². The van der Waals surface area contributed by atoms with Gasteiger partial charge in [0.15, 0.2) is 24.8 Å². The molecule has 3 fully saturated rings. The Morgan fingerprint density at radius 1 is 0.632 bits per heavy atom. The molecule has 0 spiro atoms. The standard InChI is InChI=1S/C76H112N10O28/c1-15-39(8)56(47(108-13)32-52(91)85-31-19-22-46(85)63(109-14)40(9)67(98)78-41(10)64(43-20-17-16-18-21-43)112-75-62(97)58(93)60(95)66(114-75)73(105)106)83(11)71(102)54(37(4)5)82-70(101)55(38(6)7)84(12)76(107)111-34-42-23-25-44(26-24-42)79-68(99)45(35-110-74-61(96)57(92)59(94)65(113-74)72(103)104)80-69(100)53(36(2)3)81-48(87)29-30-77-49(88)33-86-50(89)27-28-51(86)90/h16-18,20-21,23-28,36-41,45-47,53-66,74-75,92-97H,15,19,22,29-35H2,1-14H3,(H,77,88)(H,78,98)(H,79,99)(H,80,100)(H,81,87)(H,82,101)(H,103,104)(H,105,106). The van der Waals surface area contributed by atoms with Gasteiger partial charge in [0.1, 0.15) is 80.0 Å². The highest BCUT2D eigenvalue weighted by Crippen LogP contribution is 2.34. The number of likely N-dealkylation sites (N-methyl/N-ethyl adjacent to an activating group) is 2. The van der Waals surface area contributed by atoms with Crippen LogP contribution in [0.2, 0.25) is 0 Å². The highest BCUT2D eigenvalue weighted by Gasteiger charge is 2.51. The molecule has 0 saturated carbocycles. The lowest BCUT2D eigenvalue weighted by molar-refractivity contribution is -0.307. The first-order valence-corrected chi connectivity index (χ1v) is 37.8. The third-order valence-electron chi connectivity index (χ3n) is 20.7. The fourth-order valence-corrected chi connectivity index (χ4v) is 14.1. The molecular formula is C76H112N10O28. The lowest BCUT2D eigenvalue weighted by atomic mass is 9.89. The van der Waals surface area contributed by atoms with Crippen molar-refractivity contribution >= 4 is 82.8 Å². The van der Waals surface area contributed by atoms with Crippen LogP contribution in [0, 0.1) is 29.6 Å². The van der Waals surface area contributed by atoms with Gasteiger partial charge in [-0.1, -0.05) is 111 Å². The van der Waals surface area contributed by atoms with Crippen molar-refractivity contribution in [1.29, 1.82) is 0 Å². The summed E-state index contributed by atoms with van der Waals surface area (Å²) in [5.41, 5.74) is 0.954. The summed E-state index contributed by atoms with van der Waals surface area (Å²) in [4.78, 5) is 179. The maximum Gasteiger partial charge on any atom is 0.410 e. The fraction of sp³-hybridized carbons (Fsp3) is 0.645. The molecule has 0 aromatic heterocycles. The first-order valence-electron chi connectivity index (χ1n) is 37.8. The molecule has 0 bridgehead atoms. The van der Waals surface area contributed by atoms with Crippen molar-refractivity contribution in [2.45, 2.75) is 230 Å². The number of carbonyl (C=O) groups excluding carboxylic acids is 11. The molecular weight excluding hydrogens is 1500 g/mol. The molecule has 38 nitrogen and oxygen atoms in total. The van der Waals surface area contributed by atoms with Crippen LogP contribution in [-0.2, 0) is 97.3 Å². The number of nitrogens with one attached hydrogen (secondary N) is 6. The van der Waals surface area contributed by atoms with Crippen LogP contribution in [0.25, 0.3) is 0 Å². The molecule has 0 radical (unpaired) electrons. The molecule has 22 unspecified atom stereocenters. The van der Waals surface area contributed by atoms with Crippen molar-refractivity contribution in [3.63, 3.8) is 0 Å². The number of amides is 11. The number of rotatable bonds is 40. The predicted octanol–water partition coefficient (Wildman–Crippen LogP) is -1.60. The van der Waals surface area contributed by atoms with Crippen molar-refractivity contribution in [3.8, 4) is 0 Å². The molecule has 2 aromatic rings. The van der Waals surface area contributed by atoms with Gasteiger partial charge in [0.2, 0.25) is 47.3 Å². The Balaban J connectivity index is 1.08. The summed E-state index contributed by atoms with van der Waals surface area (Å²) in [6, 6.07) is 6.48.